The van der Waals surface area contributed by atoms with Crippen molar-refractivity contribution in [3.63, 3.8) is 0 Å². The van der Waals surface area contributed by atoms with Crippen molar-refractivity contribution in [2.24, 2.45) is 5.92 Å². The largest absolute Gasteiger partial charge is 0.478 e. The summed E-state index contributed by atoms with van der Waals surface area (Å²) in [5.41, 5.74) is 0.279. The van der Waals surface area contributed by atoms with Gasteiger partial charge in [0.1, 0.15) is 0 Å². The smallest absolute Gasteiger partial charge is 0.331 e. The molecule has 0 saturated heterocycles. The second kappa shape index (κ2) is 9.31. The summed E-state index contributed by atoms with van der Waals surface area (Å²) in [6.45, 7) is 11.9. The van der Waals surface area contributed by atoms with Gasteiger partial charge in [0.15, 0.2) is 0 Å². The van der Waals surface area contributed by atoms with Gasteiger partial charge in [-0.15, -0.1) is 0 Å². The van der Waals surface area contributed by atoms with Crippen LogP contribution in [0.15, 0.2) is 23.8 Å². The molecule has 0 aliphatic carbocycles. The predicted octanol–water partition coefficient (Wildman–Crippen LogP) is 2.40. The van der Waals surface area contributed by atoms with Crippen LogP contribution in [0.2, 0.25) is 0 Å². The van der Waals surface area contributed by atoms with E-state index in [1.54, 1.807) is 6.92 Å². The normalized spacial score (nSPS) is 13.3. The first-order valence-corrected chi connectivity index (χ1v) is 6.95. The first-order chi connectivity index (χ1) is 9.37. The van der Waals surface area contributed by atoms with E-state index in [0.717, 1.165) is 19.6 Å². The summed E-state index contributed by atoms with van der Waals surface area (Å²) in [5, 5.41) is 18.1. The monoisotopic (exact) mass is 283 g/mol. The Morgan fingerprint density at radius 1 is 1.15 bits per heavy atom. The molecule has 20 heavy (non-hydrogen) atoms. The molecule has 1 unspecified atom stereocenters. The molecule has 114 valence electrons. The highest BCUT2D eigenvalue weighted by Crippen LogP contribution is 2.20. The standard InChI is InChI=1S/C15H25NO4/c1-5-12(15(19)20)10-13(11(4)14(17)18)8-9-16(6-2)7-3/h10,13H,4-9H2,1-3H3,(H,17,18)(H,19,20). The molecule has 0 aliphatic rings. The highest BCUT2D eigenvalue weighted by Gasteiger charge is 2.19. The van der Waals surface area contributed by atoms with Crippen molar-refractivity contribution in [1.82, 2.24) is 4.90 Å². The summed E-state index contributed by atoms with van der Waals surface area (Å²) in [5.74, 6) is -2.52. The highest BCUT2D eigenvalue weighted by atomic mass is 16.4. The average Bonchev–Trinajstić information content (AvgIpc) is 2.41. The summed E-state index contributed by atoms with van der Waals surface area (Å²) >= 11 is 0. The van der Waals surface area contributed by atoms with E-state index in [4.69, 9.17) is 10.2 Å². The fourth-order valence-corrected chi connectivity index (χ4v) is 1.96. The van der Waals surface area contributed by atoms with Crippen LogP contribution in [0.5, 0.6) is 0 Å². The molecule has 0 radical (unpaired) electrons. The molecule has 0 saturated carbocycles. The van der Waals surface area contributed by atoms with E-state index in [1.807, 2.05) is 13.8 Å². The van der Waals surface area contributed by atoms with Crippen LogP contribution >= 0.6 is 0 Å². The summed E-state index contributed by atoms with van der Waals surface area (Å²) in [7, 11) is 0. The average molecular weight is 283 g/mol. The van der Waals surface area contributed by atoms with Crippen LogP contribution < -0.4 is 0 Å². The van der Waals surface area contributed by atoms with E-state index >= 15 is 0 Å². The molecule has 0 fully saturated rings. The van der Waals surface area contributed by atoms with Crippen LogP contribution in [0.3, 0.4) is 0 Å². The lowest BCUT2D eigenvalue weighted by atomic mass is 9.93. The van der Waals surface area contributed by atoms with Gasteiger partial charge < -0.3 is 15.1 Å². The Labute approximate surface area is 120 Å². The Bertz CT molecular complexity index is 383. The number of carboxylic acid groups (broad SMARTS) is 2. The fraction of sp³-hybridized carbons (Fsp3) is 0.600. The molecule has 5 heteroatoms. The molecule has 0 aromatic heterocycles. The molecule has 2 N–H and O–H groups in total. The first kappa shape index (κ1) is 18.4. The van der Waals surface area contributed by atoms with Gasteiger partial charge in [0.25, 0.3) is 0 Å². The maximum Gasteiger partial charge on any atom is 0.331 e. The molecule has 0 rings (SSSR count). The number of aliphatic carboxylic acids is 2. The molecular weight excluding hydrogens is 258 g/mol. The van der Waals surface area contributed by atoms with Gasteiger partial charge >= 0.3 is 11.9 Å². The quantitative estimate of drug-likeness (QED) is 0.602. The minimum atomic E-state index is -1.08. The van der Waals surface area contributed by atoms with E-state index in [2.05, 4.69) is 11.5 Å². The lowest BCUT2D eigenvalue weighted by Gasteiger charge is -2.21. The van der Waals surface area contributed by atoms with Crippen molar-refractivity contribution in [2.45, 2.75) is 33.6 Å². The fourth-order valence-electron chi connectivity index (χ4n) is 1.96. The SMILES string of the molecule is C=C(C(=O)O)C(C=C(CC)C(=O)O)CCN(CC)CC. The van der Waals surface area contributed by atoms with Crippen LogP contribution in [-0.2, 0) is 9.59 Å². The molecule has 0 spiro atoms. The summed E-state index contributed by atoms with van der Waals surface area (Å²) in [6, 6.07) is 0. The number of hydrogen-bond donors (Lipinski definition) is 2. The van der Waals surface area contributed by atoms with Crippen molar-refractivity contribution in [1.29, 1.82) is 0 Å². The van der Waals surface area contributed by atoms with Crippen molar-refractivity contribution in [2.75, 3.05) is 19.6 Å². The zero-order chi connectivity index (χ0) is 15.7. The molecule has 0 heterocycles. The second-order valence-corrected chi connectivity index (χ2v) is 4.60. The second-order valence-electron chi connectivity index (χ2n) is 4.60. The molecular formula is C15H25NO4. The van der Waals surface area contributed by atoms with Crippen molar-refractivity contribution in [3.8, 4) is 0 Å². The summed E-state index contributed by atoms with van der Waals surface area (Å²) in [6.07, 6.45) is 2.45. The molecule has 0 aliphatic heterocycles. The maximum atomic E-state index is 11.1. The third kappa shape index (κ3) is 6.02. The number of hydrogen-bond acceptors (Lipinski definition) is 3. The van der Waals surface area contributed by atoms with Crippen LogP contribution in [0.4, 0.5) is 0 Å². The number of allylic oxidation sites excluding steroid dienone is 1. The summed E-state index contributed by atoms with van der Waals surface area (Å²) in [4.78, 5) is 24.3. The Hall–Kier alpha value is -1.62. The lowest BCUT2D eigenvalue weighted by molar-refractivity contribution is -0.134. The maximum absolute atomic E-state index is 11.1. The molecule has 0 amide bonds. The molecule has 5 nitrogen and oxygen atoms in total. The number of carbonyl (C=O) groups is 2. The Morgan fingerprint density at radius 2 is 1.70 bits per heavy atom. The first-order valence-electron chi connectivity index (χ1n) is 6.95. The number of rotatable bonds is 10. The number of nitrogens with zero attached hydrogens (tertiary/aromatic N) is 1. The third-order valence-electron chi connectivity index (χ3n) is 3.43. The van der Waals surface area contributed by atoms with Gasteiger partial charge in [0, 0.05) is 17.1 Å². The molecule has 0 aromatic rings. The van der Waals surface area contributed by atoms with E-state index in [-0.39, 0.29) is 11.1 Å². The molecule has 1 atom stereocenters. The van der Waals surface area contributed by atoms with Crippen LogP contribution in [0, 0.1) is 5.92 Å². The van der Waals surface area contributed by atoms with E-state index in [9.17, 15) is 9.59 Å². The van der Waals surface area contributed by atoms with Gasteiger partial charge in [-0.3, -0.25) is 0 Å². The predicted molar refractivity (Wildman–Crippen MR) is 78.7 cm³/mol. The number of carboxylic acids is 2. The highest BCUT2D eigenvalue weighted by molar-refractivity contribution is 5.89. The topological polar surface area (TPSA) is 77.8 Å². The minimum Gasteiger partial charge on any atom is -0.478 e. The Morgan fingerprint density at radius 3 is 2.05 bits per heavy atom. The van der Waals surface area contributed by atoms with Gasteiger partial charge in [0.2, 0.25) is 0 Å². The van der Waals surface area contributed by atoms with E-state index in [0.29, 0.717) is 12.8 Å². The van der Waals surface area contributed by atoms with Crippen LogP contribution in [0.1, 0.15) is 33.6 Å². The van der Waals surface area contributed by atoms with E-state index in [1.165, 1.54) is 6.08 Å². The molecule has 0 bridgehead atoms. The Balaban J connectivity index is 5.04. The van der Waals surface area contributed by atoms with Gasteiger partial charge in [0.05, 0.1) is 0 Å². The van der Waals surface area contributed by atoms with Crippen LogP contribution in [-0.4, -0.2) is 46.7 Å². The zero-order valence-corrected chi connectivity index (χ0v) is 12.6. The molecule has 0 aromatic carbocycles. The van der Waals surface area contributed by atoms with Crippen LogP contribution in [0.25, 0.3) is 0 Å². The Kier molecular flexibility index (Phi) is 8.56. The summed E-state index contributed by atoms with van der Waals surface area (Å²) < 4.78 is 0. The van der Waals surface area contributed by atoms with Gasteiger partial charge in [-0.05, 0) is 32.5 Å². The van der Waals surface area contributed by atoms with Gasteiger partial charge in [-0.2, -0.15) is 0 Å². The minimum absolute atomic E-state index is 0.0457. The van der Waals surface area contributed by atoms with Crippen molar-refractivity contribution >= 4 is 11.9 Å². The lowest BCUT2D eigenvalue weighted by Crippen LogP contribution is -2.26. The van der Waals surface area contributed by atoms with Gasteiger partial charge in [-0.25, -0.2) is 9.59 Å². The van der Waals surface area contributed by atoms with Gasteiger partial charge in [-0.1, -0.05) is 33.4 Å². The van der Waals surface area contributed by atoms with E-state index < -0.39 is 17.9 Å². The van der Waals surface area contributed by atoms with Crippen molar-refractivity contribution < 1.29 is 19.8 Å². The zero-order valence-electron chi connectivity index (χ0n) is 12.6. The third-order valence-corrected chi connectivity index (χ3v) is 3.43. The van der Waals surface area contributed by atoms with Crippen molar-refractivity contribution in [3.05, 3.63) is 23.8 Å².